The topological polar surface area (TPSA) is 20.3 Å². The van der Waals surface area contributed by atoms with Gasteiger partial charge in [-0.05, 0) is 37.0 Å². The van der Waals surface area contributed by atoms with Crippen molar-refractivity contribution in [1.82, 2.24) is 4.90 Å². The van der Waals surface area contributed by atoms with Gasteiger partial charge in [0.2, 0.25) is 0 Å². The molecule has 2 nitrogen and oxygen atoms in total. The highest BCUT2D eigenvalue weighted by atomic mass is 16.2. The average molecular weight is 215 g/mol. The van der Waals surface area contributed by atoms with E-state index in [2.05, 4.69) is 6.58 Å². The zero-order valence-corrected chi connectivity index (χ0v) is 9.70. The van der Waals surface area contributed by atoms with Crippen LogP contribution in [0.25, 0.3) is 6.08 Å². The van der Waals surface area contributed by atoms with Gasteiger partial charge in [-0.15, -0.1) is 0 Å². The number of benzene rings is 1. The molecule has 1 fully saturated rings. The summed E-state index contributed by atoms with van der Waals surface area (Å²) in [6.07, 6.45) is 4.03. The Labute approximate surface area is 96.6 Å². The van der Waals surface area contributed by atoms with Crippen LogP contribution in [0.3, 0.4) is 0 Å². The Morgan fingerprint density at radius 2 is 2.06 bits per heavy atom. The molecule has 1 aromatic rings. The normalized spacial score (nSPS) is 15.2. The van der Waals surface area contributed by atoms with E-state index in [0.717, 1.165) is 42.6 Å². The number of carbonyl (C=O) groups excluding carboxylic acids is 1. The van der Waals surface area contributed by atoms with Crippen LogP contribution in [-0.2, 0) is 0 Å². The lowest BCUT2D eigenvalue weighted by Gasteiger charge is -2.17. The molecule has 0 aromatic heterocycles. The van der Waals surface area contributed by atoms with Crippen molar-refractivity contribution in [3.63, 3.8) is 0 Å². The van der Waals surface area contributed by atoms with Gasteiger partial charge in [-0.3, -0.25) is 4.79 Å². The van der Waals surface area contributed by atoms with Crippen LogP contribution in [0.4, 0.5) is 0 Å². The second-order valence-corrected chi connectivity index (χ2v) is 4.24. The smallest absolute Gasteiger partial charge is 0.254 e. The lowest BCUT2D eigenvalue weighted by atomic mass is 10.0. The van der Waals surface area contributed by atoms with Gasteiger partial charge in [-0.1, -0.05) is 24.8 Å². The van der Waals surface area contributed by atoms with E-state index in [4.69, 9.17) is 0 Å². The van der Waals surface area contributed by atoms with Crippen molar-refractivity contribution in [1.29, 1.82) is 0 Å². The first-order valence-electron chi connectivity index (χ1n) is 5.75. The molecule has 1 heterocycles. The van der Waals surface area contributed by atoms with Gasteiger partial charge < -0.3 is 4.90 Å². The molecule has 1 aromatic carbocycles. The van der Waals surface area contributed by atoms with E-state index in [1.54, 1.807) is 6.08 Å². The largest absolute Gasteiger partial charge is 0.339 e. The fourth-order valence-electron chi connectivity index (χ4n) is 2.23. The first kappa shape index (κ1) is 10.9. The maximum Gasteiger partial charge on any atom is 0.254 e. The predicted molar refractivity (Wildman–Crippen MR) is 66.4 cm³/mol. The number of nitrogens with zero attached hydrogens (tertiary/aromatic N) is 1. The van der Waals surface area contributed by atoms with Crippen molar-refractivity contribution < 1.29 is 4.79 Å². The molecular weight excluding hydrogens is 198 g/mol. The average Bonchev–Trinajstić information content (AvgIpc) is 2.81. The van der Waals surface area contributed by atoms with Crippen LogP contribution in [0.15, 0.2) is 24.8 Å². The molecule has 0 bridgehead atoms. The second kappa shape index (κ2) is 4.52. The monoisotopic (exact) mass is 215 g/mol. The van der Waals surface area contributed by atoms with E-state index in [9.17, 15) is 4.79 Å². The molecule has 0 saturated carbocycles. The minimum absolute atomic E-state index is 0.149. The van der Waals surface area contributed by atoms with Crippen LogP contribution in [-0.4, -0.2) is 23.9 Å². The molecule has 2 heteroatoms. The molecule has 0 spiro atoms. The van der Waals surface area contributed by atoms with Crippen LogP contribution in [0.1, 0.15) is 34.3 Å². The zero-order valence-electron chi connectivity index (χ0n) is 9.70. The fraction of sp³-hybridized carbons (Fsp3) is 0.357. The van der Waals surface area contributed by atoms with Crippen LogP contribution in [0, 0.1) is 6.92 Å². The first-order valence-corrected chi connectivity index (χ1v) is 5.75. The van der Waals surface area contributed by atoms with Gasteiger partial charge in [0.05, 0.1) is 0 Å². The molecule has 1 aliphatic rings. The molecule has 2 rings (SSSR count). The fourth-order valence-corrected chi connectivity index (χ4v) is 2.23. The summed E-state index contributed by atoms with van der Waals surface area (Å²) in [6.45, 7) is 7.59. The third kappa shape index (κ3) is 1.87. The molecular formula is C14H17NO. The summed E-state index contributed by atoms with van der Waals surface area (Å²) in [5, 5.41) is 0. The van der Waals surface area contributed by atoms with E-state index >= 15 is 0 Å². The molecule has 16 heavy (non-hydrogen) atoms. The number of carbonyl (C=O) groups is 1. The van der Waals surface area contributed by atoms with Crippen molar-refractivity contribution in [2.24, 2.45) is 0 Å². The van der Waals surface area contributed by atoms with Crippen LogP contribution in [0.5, 0.6) is 0 Å². The first-order chi connectivity index (χ1) is 7.74. The molecule has 0 atom stereocenters. The maximum atomic E-state index is 12.3. The predicted octanol–water partition coefficient (Wildman–Crippen LogP) is 2.87. The Morgan fingerprint density at radius 1 is 1.38 bits per heavy atom. The summed E-state index contributed by atoms with van der Waals surface area (Å²) in [5.41, 5.74) is 2.87. The van der Waals surface area contributed by atoms with Crippen molar-refractivity contribution in [2.45, 2.75) is 19.8 Å². The summed E-state index contributed by atoms with van der Waals surface area (Å²) in [5.74, 6) is 0.149. The zero-order chi connectivity index (χ0) is 11.5. The Kier molecular flexibility index (Phi) is 3.09. The van der Waals surface area contributed by atoms with Gasteiger partial charge in [0.15, 0.2) is 0 Å². The van der Waals surface area contributed by atoms with Crippen molar-refractivity contribution in [3.8, 4) is 0 Å². The Morgan fingerprint density at radius 3 is 2.69 bits per heavy atom. The number of rotatable bonds is 2. The van der Waals surface area contributed by atoms with Gasteiger partial charge in [-0.2, -0.15) is 0 Å². The molecule has 0 radical (unpaired) electrons. The number of likely N-dealkylation sites (tertiary alicyclic amines) is 1. The van der Waals surface area contributed by atoms with E-state index in [1.165, 1.54) is 0 Å². The summed E-state index contributed by atoms with van der Waals surface area (Å²) < 4.78 is 0. The van der Waals surface area contributed by atoms with Crippen LogP contribution >= 0.6 is 0 Å². The summed E-state index contributed by atoms with van der Waals surface area (Å²) >= 11 is 0. The maximum absolute atomic E-state index is 12.3. The van der Waals surface area contributed by atoms with Gasteiger partial charge in [0, 0.05) is 18.7 Å². The summed E-state index contributed by atoms with van der Waals surface area (Å²) in [7, 11) is 0. The minimum atomic E-state index is 0.149. The van der Waals surface area contributed by atoms with E-state index in [-0.39, 0.29) is 5.91 Å². The van der Waals surface area contributed by atoms with Gasteiger partial charge >= 0.3 is 0 Å². The number of aryl methyl sites for hydroxylation is 1. The molecule has 1 amide bonds. The summed E-state index contributed by atoms with van der Waals surface area (Å²) in [6, 6.07) is 5.84. The van der Waals surface area contributed by atoms with E-state index in [1.807, 2.05) is 30.0 Å². The highest BCUT2D eigenvalue weighted by Crippen LogP contribution is 2.19. The highest BCUT2D eigenvalue weighted by molar-refractivity contribution is 5.98. The van der Waals surface area contributed by atoms with Crippen molar-refractivity contribution >= 4 is 12.0 Å². The molecule has 0 N–H and O–H groups in total. The van der Waals surface area contributed by atoms with Crippen LogP contribution < -0.4 is 0 Å². The minimum Gasteiger partial charge on any atom is -0.339 e. The Bertz CT molecular complexity index is 417. The highest BCUT2D eigenvalue weighted by Gasteiger charge is 2.21. The molecule has 0 unspecified atom stereocenters. The molecule has 1 aliphatic heterocycles. The van der Waals surface area contributed by atoms with Gasteiger partial charge in [0.25, 0.3) is 5.91 Å². The number of amides is 1. The van der Waals surface area contributed by atoms with Crippen molar-refractivity contribution in [3.05, 3.63) is 41.5 Å². The Balaban J connectivity index is 2.35. The van der Waals surface area contributed by atoms with Gasteiger partial charge in [-0.25, -0.2) is 0 Å². The molecule has 1 saturated heterocycles. The molecule has 84 valence electrons. The second-order valence-electron chi connectivity index (χ2n) is 4.24. The SMILES string of the molecule is C=Cc1c(C)cccc1C(=O)N1CCCC1. The quantitative estimate of drug-likeness (QED) is 0.743. The molecule has 0 aliphatic carbocycles. The van der Waals surface area contributed by atoms with Crippen LogP contribution in [0.2, 0.25) is 0 Å². The summed E-state index contributed by atoms with van der Waals surface area (Å²) in [4.78, 5) is 14.2. The standard InChI is InChI=1S/C14H17NO/c1-3-12-11(2)7-6-8-13(12)14(16)15-9-4-5-10-15/h3,6-8H,1,4-5,9-10H2,2H3. The van der Waals surface area contributed by atoms with Crippen molar-refractivity contribution in [2.75, 3.05) is 13.1 Å². The lowest BCUT2D eigenvalue weighted by molar-refractivity contribution is 0.0792. The third-order valence-electron chi connectivity index (χ3n) is 3.15. The lowest BCUT2D eigenvalue weighted by Crippen LogP contribution is -2.28. The number of hydrogen-bond acceptors (Lipinski definition) is 1. The third-order valence-corrected chi connectivity index (χ3v) is 3.15. The Hall–Kier alpha value is -1.57. The van der Waals surface area contributed by atoms with Gasteiger partial charge in [0.1, 0.15) is 0 Å². The number of hydrogen-bond donors (Lipinski definition) is 0. The van der Waals surface area contributed by atoms with E-state index < -0.39 is 0 Å². The van der Waals surface area contributed by atoms with E-state index in [0.29, 0.717) is 0 Å².